The summed E-state index contributed by atoms with van der Waals surface area (Å²) in [5.41, 5.74) is 2.41. The van der Waals surface area contributed by atoms with Crippen molar-refractivity contribution in [3.63, 3.8) is 0 Å². The second kappa shape index (κ2) is 6.22. The molecule has 0 atom stereocenters. The molecule has 2 N–H and O–H groups in total. The highest BCUT2D eigenvalue weighted by Crippen LogP contribution is 2.26. The molecule has 1 aromatic heterocycles. The molecular formula is C17H10BrClN4O3. The third kappa shape index (κ3) is 2.87. The molecule has 0 saturated heterocycles. The maximum Gasteiger partial charge on any atom is 0.262 e. The summed E-state index contributed by atoms with van der Waals surface area (Å²) in [6.07, 6.45) is 0. The van der Waals surface area contributed by atoms with Crippen molar-refractivity contribution in [2.24, 2.45) is 0 Å². The summed E-state index contributed by atoms with van der Waals surface area (Å²) < 4.78 is 0.690. The van der Waals surface area contributed by atoms with Gasteiger partial charge in [-0.05, 0) is 48.0 Å². The van der Waals surface area contributed by atoms with Crippen LogP contribution in [0.4, 0.5) is 5.69 Å². The topological polar surface area (TPSA) is 95.2 Å². The van der Waals surface area contributed by atoms with Crippen LogP contribution in [0.2, 0.25) is 5.28 Å². The maximum absolute atomic E-state index is 12.4. The highest BCUT2D eigenvalue weighted by Gasteiger charge is 2.36. The largest absolute Gasteiger partial charge is 0.329 e. The van der Waals surface area contributed by atoms with E-state index in [9.17, 15) is 14.4 Å². The van der Waals surface area contributed by atoms with Gasteiger partial charge in [0.25, 0.3) is 11.8 Å². The van der Waals surface area contributed by atoms with Crippen LogP contribution in [-0.2, 0) is 4.79 Å². The summed E-state index contributed by atoms with van der Waals surface area (Å²) in [4.78, 5) is 44.9. The minimum atomic E-state index is -0.489. The van der Waals surface area contributed by atoms with Crippen LogP contribution in [0.3, 0.4) is 0 Å². The predicted molar refractivity (Wildman–Crippen MR) is 99.2 cm³/mol. The van der Waals surface area contributed by atoms with Crippen LogP contribution in [0, 0.1) is 0 Å². The first-order valence-corrected chi connectivity index (χ1v) is 8.70. The molecule has 26 heavy (non-hydrogen) atoms. The summed E-state index contributed by atoms with van der Waals surface area (Å²) in [5.74, 6) is -1.45. The van der Waals surface area contributed by atoms with Crippen LogP contribution in [0.5, 0.6) is 0 Å². The van der Waals surface area contributed by atoms with Crippen molar-refractivity contribution < 1.29 is 14.4 Å². The van der Waals surface area contributed by atoms with Crippen LogP contribution in [0.1, 0.15) is 20.7 Å². The molecule has 2 heterocycles. The Balaban J connectivity index is 1.51. The summed E-state index contributed by atoms with van der Waals surface area (Å²) in [7, 11) is 0. The third-order valence-corrected chi connectivity index (χ3v) is 4.64. The van der Waals surface area contributed by atoms with Crippen LogP contribution in [0.15, 0.2) is 40.9 Å². The van der Waals surface area contributed by atoms with Crippen LogP contribution in [-0.4, -0.2) is 39.1 Å². The Labute approximate surface area is 160 Å². The van der Waals surface area contributed by atoms with E-state index in [1.165, 1.54) is 0 Å². The molecule has 0 aliphatic carbocycles. The summed E-state index contributed by atoms with van der Waals surface area (Å²) in [6.45, 7) is -0.369. The number of fused-ring (bicyclic) bond motifs is 2. The van der Waals surface area contributed by atoms with Crippen molar-refractivity contribution in [2.45, 2.75) is 0 Å². The van der Waals surface area contributed by atoms with E-state index in [1.807, 2.05) is 0 Å². The number of carbonyl (C=O) groups is 3. The summed E-state index contributed by atoms with van der Waals surface area (Å²) in [5, 5.41) is 2.91. The normalized spacial score (nSPS) is 13.4. The van der Waals surface area contributed by atoms with Crippen molar-refractivity contribution in [1.29, 1.82) is 0 Å². The summed E-state index contributed by atoms with van der Waals surface area (Å²) >= 11 is 9.07. The number of benzene rings is 2. The number of carbonyl (C=O) groups excluding carboxylic acids is 3. The molecule has 7 nitrogen and oxygen atoms in total. The molecule has 3 aromatic rings. The molecule has 0 spiro atoms. The number of halogens is 2. The van der Waals surface area contributed by atoms with Gasteiger partial charge in [0.2, 0.25) is 11.2 Å². The monoisotopic (exact) mass is 432 g/mol. The van der Waals surface area contributed by atoms with Crippen molar-refractivity contribution >= 4 is 62.0 Å². The lowest BCUT2D eigenvalue weighted by Crippen LogP contribution is -2.37. The number of aromatic nitrogens is 2. The zero-order valence-corrected chi connectivity index (χ0v) is 15.4. The zero-order valence-electron chi connectivity index (χ0n) is 13.0. The SMILES string of the molecule is O=C(CN1C(=O)c2ccc(Br)cc2C1=O)Nc1ccc2nc(Cl)[nH]c2c1. The number of H-pyrrole nitrogens is 1. The minimum Gasteiger partial charge on any atom is -0.329 e. The van der Waals surface area contributed by atoms with Crippen LogP contribution in [0.25, 0.3) is 11.0 Å². The number of anilines is 1. The van der Waals surface area contributed by atoms with Gasteiger partial charge in [-0.1, -0.05) is 15.9 Å². The van der Waals surface area contributed by atoms with E-state index in [1.54, 1.807) is 36.4 Å². The molecule has 9 heteroatoms. The molecule has 1 aliphatic heterocycles. The van der Waals surface area contributed by atoms with Gasteiger partial charge in [0.15, 0.2) is 0 Å². The molecule has 0 saturated carbocycles. The molecule has 1 aliphatic rings. The number of nitrogens with zero attached hydrogens (tertiary/aromatic N) is 2. The number of nitrogens with one attached hydrogen (secondary N) is 2. The van der Waals surface area contributed by atoms with Gasteiger partial charge in [0, 0.05) is 10.2 Å². The van der Waals surface area contributed by atoms with Gasteiger partial charge < -0.3 is 10.3 Å². The van der Waals surface area contributed by atoms with Crippen molar-refractivity contribution in [2.75, 3.05) is 11.9 Å². The van der Waals surface area contributed by atoms with E-state index in [0.29, 0.717) is 26.8 Å². The number of aromatic amines is 1. The number of imidazole rings is 1. The lowest BCUT2D eigenvalue weighted by Gasteiger charge is -2.13. The van der Waals surface area contributed by atoms with E-state index < -0.39 is 17.7 Å². The Morgan fingerprint density at radius 2 is 1.92 bits per heavy atom. The smallest absolute Gasteiger partial charge is 0.262 e. The summed E-state index contributed by atoms with van der Waals surface area (Å²) in [6, 6.07) is 9.85. The first-order chi connectivity index (χ1) is 12.4. The Hall–Kier alpha value is -2.71. The molecule has 0 unspecified atom stereocenters. The quantitative estimate of drug-likeness (QED) is 0.620. The molecular weight excluding hydrogens is 424 g/mol. The average molecular weight is 434 g/mol. The molecule has 0 bridgehead atoms. The van der Waals surface area contributed by atoms with E-state index >= 15 is 0 Å². The fraction of sp³-hybridized carbons (Fsp3) is 0.0588. The molecule has 0 radical (unpaired) electrons. The number of rotatable bonds is 3. The molecule has 2 aromatic carbocycles. The molecule has 130 valence electrons. The second-order valence-corrected chi connectivity index (χ2v) is 6.97. The fourth-order valence-corrected chi connectivity index (χ4v) is 3.36. The number of hydrogen-bond acceptors (Lipinski definition) is 4. The van der Waals surface area contributed by atoms with Crippen molar-refractivity contribution in [3.05, 3.63) is 57.3 Å². The van der Waals surface area contributed by atoms with E-state index in [0.717, 1.165) is 4.90 Å². The number of amides is 3. The van der Waals surface area contributed by atoms with Gasteiger partial charge in [-0.15, -0.1) is 0 Å². The van der Waals surface area contributed by atoms with Gasteiger partial charge in [0.1, 0.15) is 6.54 Å². The number of imide groups is 1. The number of hydrogen-bond donors (Lipinski definition) is 2. The standard InChI is InChI=1S/C17H10BrClN4O3/c18-8-1-3-10-11(5-8)16(26)23(15(10)25)7-14(24)20-9-2-4-12-13(6-9)22-17(19)21-12/h1-6H,7H2,(H,20,24)(H,21,22). The van der Waals surface area contributed by atoms with E-state index in [4.69, 9.17) is 11.6 Å². The minimum absolute atomic E-state index is 0.251. The third-order valence-electron chi connectivity index (χ3n) is 3.97. The Bertz CT molecular complexity index is 1090. The van der Waals surface area contributed by atoms with Crippen molar-refractivity contribution in [3.8, 4) is 0 Å². The first kappa shape index (κ1) is 16.7. The maximum atomic E-state index is 12.4. The average Bonchev–Trinajstić information content (AvgIpc) is 3.07. The van der Waals surface area contributed by atoms with Crippen molar-refractivity contribution in [1.82, 2.24) is 14.9 Å². The Morgan fingerprint density at radius 1 is 1.15 bits per heavy atom. The van der Waals surface area contributed by atoms with Gasteiger partial charge >= 0.3 is 0 Å². The molecule has 0 fully saturated rings. The fourth-order valence-electron chi connectivity index (χ4n) is 2.81. The van der Waals surface area contributed by atoms with Gasteiger partial charge in [0.05, 0.1) is 22.2 Å². The van der Waals surface area contributed by atoms with Gasteiger partial charge in [-0.25, -0.2) is 4.98 Å². The second-order valence-electron chi connectivity index (χ2n) is 5.69. The predicted octanol–water partition coefficient (Wildman–Crippen LogP) is 3.21. The molecule has 4 rings (SSSR count). The highest BCUT2D eigenvalue weighted by molar-refractivity contribution is 9.10. The van der Waals surface area contributed by atoms with E-state index in [-0.39, 0.29) is 17.4 Å². The lowest BCUT2D eigenvalue weighted by molar-refractivity contribution is -0.116. The van der Waals surface area contributed by atoms with Crippen LogP contribution >= 0.6 is 27.5 Å². The van der Waals surface area contributed by atoms with Gasteiger partial charge in [-0.2, -0.15) is 0 Å². The molecule has 3 amide bonds. The zero-order chi connectivity index (χ0) is 18.4. The Kier molecular flexibility index (Phi) is 4.01. The Morgan fingerprint density at radius 3 is 2.73 bits per heavy atom. The van der Waals surface area contributed by atoms with Gasteiger partial charge in [-0.3, -0.25) is 19.3 Å². The highest BCUT2D eigenvalue weighted by atomic mass is 79.9. The first-order valence-electron chi connectivity index (χ1n) is 7.53. The lowest BCUT2D eigenvalue weighted by atomic mass is 10.1. The van der Waals surface area contributed by atoms with Crippen LogP contribution < -0.4 is 5.32 Å². The van der Waals surface area contributed by atoms with E-state index in [2.05, 4.69) is 31.2 Å².